The van der Waals surface area contributed by atoms with Gasteiger partial charge in [0.2, 0.25) is 5.91 Å². The van der Waals surface area contributed by atoms with Crippen molar-refractivity contribution in [2.24, 2.45) is 0 Å². The maximum atomic E-state index is 12.5. The van der Waals surface area contributed by atoms with Crippen LogP contribution in [0.2, 0.25) is 0 Å². The summed E-state index contributed by atoms with van der Waals surface area (Å²) in [6.45, 7) is 1.71. The van der Waals surface area contributed by atoms with Gasteiger partial charge in [0, 0.05) is 22.9 Å². The maximum Gasteiger partial charge on any atom is 0.254 e. The van der Waals surface area contributed by atoms with Gasteiger partial charge in [-0.1, -0.05) is 42.5 Å². The topological polar surface area (TPSA) is 107 Å². The summed E-state index contributed by atoms with van der Waals surface area (Å²) >= 11 is 0. The van der Waals surface area contributed by atoms with Gasteiger partial charge in [-0.05, 0) is 31.2 Å². The highest BCUT2D eigenvalue weighted by atomic mass is 16.2. The van der Waals surface area contributed by atoms with Gasteiger partial charge < -0.3 is 5.32 Å². The first-order valence-corrected chi connectivity index (χ1v) is 10.3. The molecule has 0 aliphatic rings. The monoisotopic (exact) mass is 437 g/mol. The summed E-state index contributed by atoms with van der Waals surface area (Å²) in [6, 6.07) is 21.9. The van der Waals surface area contributed by atoms with Crippen molar-refractivity contribution < 1.29 is 4.79 Å². The molecule has 3 heterocycles. The van der Waals surface area contributed by atoms with Crippen LogP contribution in [0.15, 0.2) is 83.9 Å². The van der Waals surface area contributed by atoms with Crippen LogP contribution < -0.4 is 10.9 Å². The maximum absolute atomic E-state index is 12.5. The van der Waals surface area contributed by atoms with Gasteiger partial charge in [0.15, 0.2) is 11.5 Å². The molecule has 0 atom stereocenters. The van der Waals surface area contributed by atoms with E-state index in [1.54, 1.807) is 16.6 Å². The lowest BCUT2D eigenvalue weighted by Gasteiger charge is -2.09. The van der Waals surface area contributed by atoms with Gasteiger partial charge in [-0.15, -0.1) is 10.2 Å². The molecule has 9 nitrogen and oxygen atoms in total. The van der Waals surface area contributed by atoms with Crippen molar-refractivity contribution in [2.75, 3.05) is 5.32 Å². The molecule has 33 heavy (non-hydrogen) atoms. The van der Waals surface area contributed by atoms with Gasteiger partial charge in [0.05, 0.1) is 17.7 Å². The second-order valence-electron chi connectivity index (χ2n) is 7.47. The second-order valence-corrected chi connectivity index (χ2v) is 7.47. The molecule has 0 saturated carbocycles. The zero-order valence-electron chi connectivity index (χ0n) is 17.7. The summed E-state index contributed by atoms with van der Waals surface area (Å²) in [5.74, 6) is 0.385. The number of aromatic nitrogens is 6. The molecular weight excluding hydrogens is 418 g/mol. The molecule has 0 saturated heterocycles. The number of carbonyl (C=O) groups is 1. The first-order valence-electron chi connectivity index (χ1n) is 10.3. The van der Waals surface area contributed by atoms with Crippen LogP contribution in [0.1, 0.15) is 5.82 Å². The number of rotatable bonds is 5. The standard InChI is InChI=1S/C24H19N7O2/c1-16-27-28-22-12-11-20(29-31(16)22)18-7-9-19(10-8-18)26-23(32)14-30-15-25-21(13-24(30)33)17-5-3-2-4-6-17/h2-13,15H,14H2,1H3,(H,26,32). The van der Waals surface area contributed by atoms with Crippen molar-refractivity contribution in [1.82, 2.24) is 29.4 Å². The SMILES string of the molecule is Cc1nnc2ccc(-c3ccc(NC(=O)Cn4cnc(-c5ccccc5)cc4=O)cc3)nn12. The van der Waals surface area contributed by atoms with Crippen LogP contribution in [0.5, 0.6) is 0 Å². The molecule has 2 aromatic carbocycles. The molecule has 0 radical (unpaired) electrons. The van der Waals surface area contributed by atoms with Crippen LogP contribution in [0.3, 0.4) is 0 Å². The predicted octanol–water partition coefficient (Wildman–Crippen LogP) is 2.96. The molecule has 3 aromatic heterocycles. The van der Waals surface area contributed by atoms with Crippen LogP contribution in [-0.4, -0.2) is 35.3 Å². The molecule has 1 amide bonds. The molecule has 9 heteroatoms. The van der Waals surface area contributed by atoms with Crippen molar-refractivity contribution in [2.45, 2.75) is 13.5 Å². The molecule has 5 rings (SSSR count). The zero-order chi connectivity index (χ0) is 22.8. The third-order valence-electron chi connectivity index (χ3n) is 5.15. The number of carbonyl (C=O) groups excluding carboxylic acids is 1. The van der Waals surface area contributed by atoms with E-state index in [1.165, 1.54) is 17.0 Å². The Labute approximate surface area is 188 Å². The normalized spacial score (nSPS) is 10.9. The van der Waals surface area contributed by atoms with Crippen LogP contribution in [0.4, 0.5) is 5.69 Å². The van der Waals surface area contributed by atoms with E-state index < -0.39 is 0 Å². The lowest BCUT2D eigenvalue weighted by molar-refractivity contribution is -0.116. The van der Waals surface area contributed by atoms with E-state index in [0.717, 1.165) is 16.8 Å². The smallest absolute Gasteiger partial charge is 0.254 e. The second kappa shape index (κ2) is 8.46. The van der Waals surface area contributed by atoms with Crippen molar-refractivity contribution in [3.8, 4) is 22.5 Å². The van der Waals surface area contributed by atoms with Gasteiger partial charge in [-0.3, -0.25) is 14.2 Å². The van der Waals surface area contributed by atoms with Crippen LogP contribution >= 0.6 is 0 Å². The number of nitrogens with zero attached hydrogens (tertiary/aromatic N) is 6. The molecule has 0 aliphatic heterocycles. The summed E-state index contributed by atoms with van der Waals surface area (Å²) < 4.78 is 2.95. The summed E-state index contributed by atoms with van der Waals surface area (Å²) in [6.07, 6.45) is 1.39. The average molecular weight is 437 g/mol. The largest absolute Gasteiger partial charge is 0.325 e. The first kappa shape index (κ1) is 20.3. The van der Waals surface area contributed by atoms with E-state index in [0.29, 0.717) is 22.9 Å². The number of amides is 1. The first-order chi connectivity index (χ1) is 16.1. The van der Waals surface area contributed by atoms with Gasteiger partial charge in [-0.25, -0.2) is 4.98 Å². The molecule has 162 valence electrons. The minimum Gasteiger partial charge on any atom is -0.325 e. The molecule has 0 fully saturated rings. The number of nitrogens with one attached hydrogen (secondary N) is 1. The van der Waals surface area contributed by atoms with E-state index in [9.17, 15) is 9.59 Å². The zero-order valence-corrected chi connectivity index (χ0v) is 17.7. The fraction of sp³-hybridized carbons (Fsp3) is 0.0833. The van der Waals surface area contributed by atoms with E-state index in [2.05, 4.69) is 25.6 Å². The Balaban J connectivity index is 1.27. The van der Waals surface area contributed by atoms with E-state index in [4.69, 9.17) is 0 Å². The van der Waals surface area contributed by atoms with Crippen LogP contribution in [0.25, 0.3) is 28.2 Å². The third kappa shape index (κ3) is 4.24. The van der Waals surface area contributed by atoms with Crippen molar-refractivity contribution in [1.29, 1.82) is 0 Å². The highest BCUT2D eigenvalue weighted by Crippen LogP contribution is 2.20. The quantitative estimate of drug-likeness (QED) is 0.453. The lowest BCUT2D eigenvalue weighted by Crippen LogP contribution is -2.27. The number of hydrogen-bond donors (Lipinski definition) is 1. The summed E-state index contributed by atoms with van der Waals surface area (Å²) in [4.78, 5) is 29.2. The minimum absolute atomic E-state index is 0.131. The van der Waals surface area contributed by atoms with Gasteiger partial charge in [-0.2, -0.15) is 9.61 Å². The fourth-order valence-corrected chi connectivity index (χ4v) is 3.44. The summed E-state index contributed by atoms with van der Waals surface area (Å²) in [5.41, 5.74) is 4.08. The Kier molecular flexibility index (Phi) is 5.19. The van der Waals surface area contributed by atoms with Crippen LogP contribution in [0, 0.1) is 6.92 Å². The minimum atomic E-state index is -0.321. The molecule has 0 bridgehead atoms. The predicted molar refractivity (Wildman–Crippen MR) is 124 cm³/mol. The van der Waals surface area contributed by atoms with Gasteiger partial charge in [0.25, 0.3) is 5.56 Å². The van der Waals surface area contributed by atoms with Crippen molar-refractivity contribution in [3.63, 3.8) is 0 Å². The van der Waals surface area contributed by atoms with Crippen LogP contribution in [-0.2, 0) is 11.3 Å². The van der Waals surface area contributed by atoms with E-state index >= 15 is 0 Å². The van der Waals surface area contributed by atoms with Crippen molar-refractivity contribution >= 4 is 17.2 Å². The molecule has 5 aromatic rings. The van der Waals surface area contributed by atoms with Crippen molar-refractivity contribution in [3.05, 3.63) is 95.3 Å². The number of hydrogen-bond acceptors (Lipinski definition) is 6. The number of fused-ring (bicyclic) bond motifs is 1. The Bertz CT molecular complexity index is 1510. The van der Waals surface area contributed by atoms with E-state index in [1.807, 2.05) is 61.5 Å². The Morgan fingerprint density at radius 1 is 0.909 bits per heavy atom. The number of aryl methyl sites for hydroxylation is 1. The molecule has 0 aliphatic carbocycles. The average Bonchev–Trinajstić information content (AvgIpc) is 3.21. The Morgan fingerprint density at radius 2 is 1.67 bits per heavy atom. The number of benzene rings is 2. The fourth-order valence-electron chi connectivity index (χ4n) is 3.44. The summed E-state index contributed by atoms with van der Waals surface area (Å²) in [7, 11) is 0. The molecule has 1 N–H and O–H groups in total. The Hall–Kier alpha value is -4.66. The number of anilines is 1. The third-order valence-corrected chi connectivity index (χ3v) is 5.15. The molecular formula is C24H19N7O2. The van der Waals surface area contributed by atoms with E-state index in [-0.39, 0.29) is 18.0 Å². The highest BCUT2D eigenvalue weighted by Gasteiger charge is 2.09. The highest BCUT2D eigenvalue weighted by molar-refractivity contribution is 5.90. The molecule has 0 unspecified atom stereocenters. The molecule has 0 spiro atoms. The Morgan fingerprint density at radius 3 is 2.42 bits per heavy atom. The summed E-state index contributed by atoms with van der Waals surface area (Å²) in [5, 5.41) is 15.4. The lowest BCUT2D eigenvalue weighted by atomic mass is 10.1. The van der Waals surface area contributed by atoms with Gasteiger partial charge in [0.1, 0.15) is 6.54 Å². The van der Waals surface area contributed by atoms with Gasteiger partial charge >= 0.3 is 0 Å².